The van der Waals surface area contributed by atoms with Crippen molar-refractivity contribution in [1.82, 2.24) is 15.3 Å². The lowest BCUT2D eigenvalue weighted by Gasteiger charge is -2.14. The van der Waals surface area contributed by atoms with Crippen LogP contribution in [0.15, 0.2) is 64.4 Å². The summed E-state index contributed by atoms with van der Waals surface area (Å²) in [5.41, 5.74) is 5.77. The van der Waals surface area contributed by atoms with Crippen molar-refractivity contribution in [2.24, 2.45) is 0 Å². The van der Waals surface area contributed by atoms with Crippen LogP contribution in [0, 0.1) is 0 Å². The molecule has 13 nitrogen and oxygen atoms in total. The van der Waals surface area contributed by atoms with Crippen LogP contribution in [-0.2, 0) is 19.6 Å². The van der Waals surface area contributed by atoms with E-state index in [0.29, 0.717) is 5.56 Å². The summed E-state index contributed by atoms with van der Waals surface area (Å²) in [6.45, 7) is 0. The molecular weight excluding hydrogens is 494 g/mol. The highest BCUT2D eigenvalue weighted by Crippen LogP contribution is 2.21. The van der Waals surface area contributed by atoms with Crippen LogP contribution in [0.4, 0.5) is 11.6 Å². The van der Waals surface area contributed by atoms with Gasteiger partial charge in [-0.3, -0.25) is 24.1 Å². The molecule has 0 radical (unpaired) electrons. The minimum absolute atomic E-state index is 0.0458. The van der Waals surface area contributed by atoms with Gasteiger partial charge in [0.05, 0.1) is 10.5 Å². The topological polar surface area (TPSA) is 222 Å². The maximum absolute atomic E-state index is 12.7. The molecule has 0 saturated carbocycles. The quantitative estimate of drug-likeness (QED) is 0.223. The number of carboxylic acid groups (broad SMARTS) is 2. The van der Waals surface area contributed by atoms with E-state index in [-0.39, 0.29) is 34.1 Å². The number of sulfonamides is 1. The van der Waals surface area contributed by atoms with Gasteiger partial charge in [0.2, 0.25) is 0 Å². The highest BCUT2D eigenvalue weighted by atomic mass is 32.2. The number of carbonyl (C=O) groups excluding carboxylic acids is 1. The second-order valence-electron chi connectivity index (χ2n) is 7.52. The van der Waals surface area contributed by atoms with Crippen LogP contribution in [0.2, 0.25) is 0 Å². The highest BCUT2D eigenvalue weighted by Gasteiger charge is 2.22. The summed E-state index contributed by atoms with van der Waals surface area (Å²) >= 11 is 0. The Morgan fingerprint density at radius 2 is 1.67 bits per heavy atom. The van der Waals surface area contributed by atoms with Crippen LogP contribution in [0.25, 0.3) is 11.1 Å². The number of hydrogen-bond donors (Lipinski definition) is 6. The summed E-state index contributed by atoms with van der Waals surface area (Å²) in [6, 6.07) is 9.29. The van der Waals surface area contributed by atoms with Crippen molar-refractivity contribution in [3.05, 3.63) is 70.6 Å². The Labute approximate surface area is 204 Å². The van der Waals surface area contributed by atoms with E-state index in [0.717, 1.165) is 0 Å². The minimum atomic E-state index is -4.01. The molecule has 0 aliphatic heterocycles. The number of nitrogens with one attached hydrogen (secondary N) is 3. The number of carboxylic acids is 2. The molecule has 0 aliphatic carbocycles. The van der Waals surface area contributed by atoms with Gasteiger partial charge in [0.25, 0.3) is 21.5 Å². The third-order valence-electron chi connectivity index (χ3n) is 4.94. The third-order valence-corrected chi connectivity index (χ3v) is 6.34. The number of anilines is 2. The maximum Gasteiger partial charge on any atom is 0.326 e. The largest absolute Gasteiger partial charge is 0.481 e. The van der Waals surface area contributed by atoms with Crippen LogP contribution in [0.3, 0.4) is 0 Å². The predicted octanol–water partition coefficient (Wildman–Crippen LogP) is 0.868. The number of hydrogen-bond acceptors (Lipinski definition) is 8. The van der Waals surface area contributed by atoms with E-state index < -0.39 is 45.9 Å². The number of aliphatic carboxylic acids is 2. The fraction of sp³-hybridized carbons (Fsp3) is 0.136. The van der Waals surface area contributed by atoms with Crippen LogP contribution >= 0.6 is 0 Å². The van der Waals surface area contributed by atoms with Gasteiger partial charge in [-0.15, -0.1) is 0 Å². The first-order valence-electron chi connectivity index (χ1n) is 10.3. The molecule has 188 valence electrons. The summed E-state index contributed by atoms with van der Waals surface area (Å²) in [7, 11) is -4.01. The van der Waals surface area contributed by atoms with E-state index in [4.69, 9.17) is 15.9 Å². The summed E-state index contributed by atoms with van der Waals surface area (Å²) < 4.78 is 27.8. The number of H-pyrrole nitrogens is 1. The van der Waals surface area contributed by atoms with Crippen molar-refractivity contribution in [2.45, 2.75) is 23.8 Å². The van der Waals surface area contributed by atoms with Crippen molar-refractivity contribution >= 4 is 39.5 Å². The Morgan fingerprint density at radius 1 is 1.03 bits per heavy atom. The van der Waals surface area contributed by atoms with Crippen molar-refractivity contribution < 1.29 is 33.0 Å². The molecule has 1 atom stereocenters. The van der Waals surface area contributed by atoms with Gasteiger partial charge in [-0.2, -0.15) is 0 Å². The second kappa shape index (κ2) is 10.7. The Hall–Kier alpha value is -4.72. The van der Waals surface area contributed by atoms with E-state index in [1.54, 1.807) is 0 Å². The van der Waals surface area contributed by atoms with E-state index in [1.165, 1.54) is 54.7 Å². The Bertz CT molecular complexity index is 1450. The summed E-state index contributed by atoms with van der Waals surface area (Å²) in [4.78, 5) is 52.3. The van der Waals surface area contributed by atoms with Gasteiger partial charge in [0.1, 0.15) is 6.04 Å². The fourth-order valence-corrected chi connectivity index (χ4v) is 4.16. The number of nitrogen functional groups attached to an aromatic ring is 1. The number of amides is 1. The average molecular weight is 516 g/mol. The molecule has 0 saturated heterocycles. The molecule has 0 unspecified atom stereocenters. The van der Waals surface area contributed by atoms with E-state index >= 15 is 0 Å². The van der Waals surface area contributed by atoms with Crippen molar-refractivity contribution in [3.63, 3.8) is 0 Å². The number of aromatic amines is 1. The Morgan fingerprint density at radius 3 is 2.22 bits per heavy atom. The third kappa shape index (κ3) is 6.44. The van der Waals surface area contributed by atoms with Crippen LogP contribution < -0.4 is 21.3 Å². The van der Waals surface area contributed by atoms with Crippen LogP contribution in [0.1, 0.15) is 23.2 Å². The highest BCUT2D eigenvalue weighted by molar-refractivity contribution is 7.92. The van der Waals surface area contributed by atoms with Gasteiger partial charge in [0.15, 0.2) is 5.95 Å². The first-order chi connectivity index (χ1) is 17.0. The average Bonchev–Trinajstić information content (AvgIpc) is 2.81. The first-order valence-corrected chi connectivity index (χ1v) is 11.8. The number of nitrogens with zero attached hydrogens (tertiary/aromatic N) is 1. The lowest BCUT2D eigenvalue weighted by atomic mass is 10.1. The normalized spacial score (nSPS) is 11.9. The second-order valence-corrected chi connectivity index (χ2v) is 9.20. The van der Waals surface area contributed by atoms with Gasteiger partial charge in [0, 0.05) is 23.9 Å². The monoisotopic (exact) mass is 515 g/mol. The summed E-state index contributed by atoms with van der Waals surface area (Å²) in [5.74, 6) is -3.38. The lowest BCUT2D eigenvalue weighted by Crippen LogP contribution is -2.41. The molecule has 36 heavy (non-hydrogen) atoms. The molecule has 3 rings (SSSR count). The van der Waals surface area contributed by atoms with Crippen molar-refractivity contribution in [1.29, 1.82) is 0 Å². The smallest absolute Gasteiger partial charge is 0.326 e. The Balaban J connectivity index is 1.69. The molecule has 1 heterocycles. The van der Waals surface area contributed by atoms with E-state index in [9.17, 15) is 27.6 Å². The van der Waals surface area contributed by atoms with Gasteiger partial charge in [-0.1, -0.05) is 12.1 Å². The molecule has 3 aromatic rings. The van der Waals surface area contributed by atoms with Gasteiger partial charge < -0.3 is 21.3 Å². The number of aromatic nitrogens is 2. The molecule has 1 aromatic heterocycles. The number of carbonyl (C=O) groups is 3. The lowest BCUT2D eigenvalue weighted by molar-refractivity contribution is -0.140. The molecule has 2 aromatic carbocycles. The van der Waals surface area contributed by atoms with Gasteiger partial charge in [-0.25, -0.2) is 18.2 Å². The zero-order valence-corrected chi connectivity index (χ0v) is 19.3. The van der Waals surface area contributed by atoms with E-state index in [2.05, 4.69) is 20.0 Å². The molecular formula is C22H21N5O8S. The van der Waals surface area contributed by atoms with Crippen LogP contribution in [0.5, 0.6) is 0 Å². The fourth-order valence-electron chi connectivity index (χ4n) is 3.10. The van der Waals surface area contributed by atoms with Crippen molar-refractivity contribution in [2.75, 3.05) is 10.5 Å². The molecule has 0 bridgehead atoms. The summed E-state index contributed by atoms with van der Waals surface area (Å²) in [6.07, 6.45) is 0.543. The van der Waals surface area contributed by atoms with Gasteiger partial charge in [-0.05, 0) is 48.4 Å². The Kier molecular flexibility index (Phi) is 7.69. The predicted molar refractivity (Wildman–Crippen MR) is 128 cm³/mol. The number of rotatable bonds is 10. The zero-order valence-electron chi connectivity index (χ0n) is 18.5. The van der Waals surface area contributed by atoms with Gasteiger partial charge >= 0.3 is 11.9 Å². The number of benzene rings is 2. The molecule has 0 spiro atoms. The molecule has 7 N–H and O–H groups in total. The standard InChI is InChI=1S/C22H21N5O8S/c23-22-24-11-16(20(31)26-22)12-3-7-15(8-4-12)36(34,35)27-14-5-1-13(2-6-14)19(30)25-17(21(32)33)9-10-18(28)29/h1-8,11,17,27H,9-10H2,(H,25,30)(H,28,29)(H,32,33)(H3,23,24,26,31)/t17-/m0/s1. The summed E-state index contributed by atoms with van der Waals surface area (Å²) in [5, 5.41) is 20.1. The molecule has 14 heteroatoms. The number of nitrogens with two attached hydrogens (primary N) is 1. The maximum atomic E-state index is 12.7. The minimum Gasteiger partial charge on any atom is -0.481 e. The zero-order chi connectivity index (χ0) is 26.5. The van der Waals surface area contributed by atoms with E-state index in [1.807, 2.05) is 0 Å². The molecule has 0 aliphatic rings. The van der Waals surface area contributed by atoms with Crippen molar-refractivity contribution in [3.8, 4) is 11.1 Å². The first kappa shape index (κ1) is 25.9. The molecule has 0 fully saturated rings. The van der Waals surface area contributed by atoms with Crippen LogP contribution in [-0.4, -0.2) is 52.5 Å². The molecule has 1 amide bonds. The SMILES string of the molecule is Nc1ncc(-c2ccc(S(=O)(=O)Nc3ccc(C(=O)N[C@@H](CCC(=O)O)C(=O)O)cc3)cc2)c(=O)[nH]1.